The number of aromatic nitrogens is 2. The number of halogens is 1. The third-order valence-corrected chi connectivity index (χ3v) is 2.69. The summed E-state index contributed by atoms with van der Waals surface area (Å²) < 4.78 is 24.7. The average Bonchev–Trinajstić information content (AvgIpc) is 2.81. The van der Waals surface area contributed by atoms with Crippen molar-refractivity contribution in [3.63, 3.8) is 0 Å². The lowest BCUT2D eigenvalue weighted by Crippen LogP contribution is -2.09. The van der Waals surface area contributed by atoms with Crippen molar-refractivity contribution < 1.29 is 18.7 Å². The van der Waals surface area contributed by atoms with Gasteiger partial charge in [0.1, 0.15) is 12.1 Å². The van der Waals surface area contributed by atoms with Gasteiger partial charge in [0, 0.05) is 6.07 Å². The molecule has 0 saturated heterocycles. The number of ether oxygens (including phenoxy) is 2. The minimum absolute atomic E-state index is 0.00285. The molecule has 6 nitrogen and oxygen atoms in total. The van der Waals surface area contributed by atoms with Crippen LogP contribution < -0.4 is 10.5 Å². The number of carbonyl (C=O) groups is 1. The minimum Gasteiger partial charge on any atom is -0.494 e. The zero-order valence-electron chi connectivity index (χ0n) is 11.1. The number of esters is 1. The van der Waals surface area contributed by atoms with E-state index in [9.17, 15) is 9.18 Å². The van der Waals surface area contributed by atoms with E-state index in [1.165, 1.54) is 30.1 Å². The fourth-order valence-corrected chi connectivity index (χ4v) is 1.73. The standard InChI is InChI=1S/C13H14FN3O3/c1-3-20-13(18)11-12(15)17(7-16-11)8-4-5-10(19-2)9(14)6-8/h4-7H,3,15H2,1-2H3. The van der Waals surface area contributed by atoms with Gasteiger partial charge in [-0.15, -0.1) is 0 Å². The molecule has 2 N–H and O–H groups in total. The first-order chi connectivity index (χ1) is 9.58. The van der Waals surface area contributed by atoms with E-state index in [0.29, 0.717) is 5.69 Å². The second-order valence-electron chi connectivity index (χ2n) is 3.89. The molecule has 2 rings (SSSR count). The lowest BCUT2D eigenvalue weighted by atomic mass is 10.3. The van der Waals surface area contributed by atoms with Crippen LogP contribution in [0.2, 0.25) is 0 Å². The Kier molecular flexibility index (Phi) is 3.88. The summed E-state index contributed by atoms with van der Waals surface area (Å²) >= 11 is 0. The molecule has 0 amide bonds. The molecule has 0 fully saturated rings. The topological polar surface area (TPSA) is 79.4 Å². The van der Waals surface area contributed by atoms with Crippen LogP contribution in [0.1, 0.15) is 17.4 Å². The lowest BCUT2D eigenvalue weighted by molar-refractivity contribution is 0.0521. The summed E-state index contributed by atoms with van der Waals surface area (Å²) in [4.78, 5) is 15.5. The van der Waals surface area contributed by atoms with Crippen LogP contribution in [0.4, 0.5) is 10.2 Å². The number of benzene rings is 1. The number of methoxy groups -OCH3 is 1. The molecule has 7 heteroatoms. The Labute approximate surface area is 114 Å². The van der Waals surface area contributed by atoms with E-state index in [-0.39, 0.29) is 23.9 Å². The number of carbonyl (C=O) groups excluding carboxylic acids is 1. The molecule has 0 bridgehead atoms. The molecule has 1 aromatic heterocycles. The van der Waals surface area contributed by atoms with Crippen LogP contribution in [0.5, 0.6) is 5.75 Å². The number of imidazole rings is 1. The van der Waals surface area contributed by atoms with Gasteiger partial charge in [-0.1, -0.05) is 0 Å². The van der Waals surface area contributed by atoms with Gasteiger partial charge in [0.05, 0.1) is 19.4 Å². The Hall–Kier alpha value is -2.57. The molecular formula is C13H14FN3O3. The maximum Gasteiger partial charge on any atom is 0.360 e. The van der Waals surface area contributed by atoms with E-state index < -0.39 is 11.8 Å². The third kappa shape index (κ3) is 2.42. The summed E-state index contributed by atoms with van der Waals surface area (Å²) in [5.74, 6) is -0.931. The summed E-state index contributed by atoms with van der Waals surface area (Å²) in [5, 5.41) is 0. The molecule has 0 aliphatic carbocycles. The zero-order chi connectivity index (χ0) is 14.7. The Balaban J connectivity index is 2.39. The highest BCUT2D eigenvalue weighted by Crippen LogP contribution is 2.23. The van der Waals surface area contributed by atoms with Gasteiger partial charge in [-0.05, 0) is 19.1 Å². The molecule has 0 unspecified atom stereocenters. The minimum atomic E-state index is -0.613. The van der Waals surface area contributed by atoms with Crippen molar-refractivity contribution >= 4 is 11.8 Å². The molecule has 20 heavy (non-hydrogen) atoms. The largest absolute Gasteiger partial charge is 0.494 e. The van der Waals surface area contributed by atoms with Gasteiger partial charge in [0.25, 0.3) is 0 Å². The molecule has 2 aromatic rings. The van der Waals surface area contributed by atoms with Crippen molar-refractivity contribution in [1.29, 1.82) is 0 Å². The van der Waals surface area contributed by atoms with Gasteiger partial charge in [0.15, 0.2) is 17.3 Å². The molecule has 0 saturated carbocycles. The molecule has 0 radical (unpaired) electrons. The molecule has 0 aliphatic heterocycles. The van der Waals surface area contributed by atoms with Crippen molar-refractivity contribution in [1.82, 2.24) is 9.55 Å². The summed E-state index contributed by atoms with van der Waals surface area (Å²) in [7, 11) is 1.38. The Morgan fingerprint density at radius 3 is 2.85 bits per heavy atom. The SMILES string of the molecule is CCOC(=O)c1ncn(-c2ccc(OC)c(F)c2)c1N. The normalized spacial score (nSPS) is 10.3. The van der Waals surface area contributed by atoms with E-state index in [1.807, 2.05) is 0 Å². The maximum absolute atomic E-state index is 13.7. The van der Waals surface area contributed by atoms with Crippen LogP contribution in [0.25, 0.3) is 5.69 Å². The number of hydrogen-bond acceptors (Lipinski definition) is 5. The number of nitrogen functional groups attached to an aromatic ring is 1. The van der Waals surface area contributed by atoms with Crippen LogP contribution >= 0.6 is 0 Å². The molecule has 1 aromatic carbocycles. The summed E-state index contributed by atoms with van der Waals surface area (Å²) in [6.45, 7) is 1.91. The third-order valence-electron chi connectivity index (χ3n) is 2.69. The quantitative estimate of drug-likeness (QED) is 0.863. The molecule has 0 aliphatic rings. The monoisotopic (exact) mass is 279 g/mol. The number of rotatable bonds is 4. The second kappa shape index (κ2) is 5.60. The average molecular weight is 279 g/mol. The first kappa shape index (κ1) is 13.9. The van der Waals surface area contributed by atoms with Crippen LogP contribution in [0.15, 0.2) is 24.5 Å². The zero-order valence-corrected chi connectivity index (χ0v) is 11.1. The highest BCUT2D eigenvalue weighted by molar-refractivity contribution is 5.92. The van der Waals surface area contributed by atoms with E-state index in [0.717, 1.165) is 0 Å². The van der Waals surface area contributed by atoms with E-state index in [1.54, 1.807) is 13.0 Å². The number of anilines is 1. The van der Waals surface area contributed by atoms with E-state index in [2.05, 4.69) is 4.98 Å². The number of nitrogens with two attached hydrogens (primary N) is 1. The van der Waals surface area contributed by atoms with Gasteiger partial charge in [-0.3, -0.25) is 4.57 Å². The predicted molar refractivity (Wildman–Crippen MR) is 70.4 cm³/mol. The van der Waals surface area contributed by atoms with Crippen LogP contribution in [-0.4, -0.2) is 29.2 Å². The van der Waals surface area contributed by atoms with Gasteiger partial charge >= 0.3 is 5.97 Å². The maximum atomic E-state index is 13.7. The van der Waals surface area contributed by atoms with Crippen LogP contribution in [0, 0.1) is 5.82 Å². The fraction of sp³-hybridized carbons (Fsp3) is 0.231. The van der Waals surface area contributed by atoms with Gasteiger partial charge in [0.2, 0.25) is 0 Å². The van der Waals surface area contributed by atoms with Crippen molar-refractivity contribution in [3.05, 3.63) is 36.0 Å². The summed E-state index contributed by atoms with van der Waals surface area (Å²) in [5.41, 5.74) is 6.27. The molecule has 1 heterocycles. The summed E-state index contributed by atoms with van der Waals surface area (Å²) in [6, 6.07) is 4.31. The fourth-order valence-electron chi connectivity index (χ4n) is 1.73. The van der Waals surface area contributed by atoms with Crippen molar-refractivity contribution in [2.45, 2.75) is 6.92 Å². The van der Waals surface area contributed by atoms with Gasteiger partial charge in [-0.2, -0.15) is 0 Å². The Bertz CT molecular complexity index is 640. The van der Waals surface area contributed by atoms with Crippen molar-refractivity contribution in [2.24, 2.45) is 0 Å². The highest BCUT2D eigenvalue weighted by Gasteiger charge is 2.18. The smallest absolute Gasteiger partial charge is 0.360 e. The Morgan fingerprint density at radius 2 is 2.25 bits per heavy atom. The molecular weight excluding hydrogens is 265 g/mol. The van der Waals surface area contributed by atoms with Crippen LogP contribution in [0.3, 0.4) is 0 Å². The first-order valence-electron chi connectivity index (χ1n) is 5.92. The summed E-state index contributed by atoms with van der Waals surface area (Å²) in [6.07, 6.45) is 1.34. The van der Waals surface area contributed by atoms with Crippen molar-refractivity contribution in [3.8, 4) is 11.4 Å². The highest BCUT2D eigenvalue weighted by atomic mass is 19.1. The van der Waals surface area contributed by atoms with Gasteiger partial charge in [-0.25, -0.2) is 14.2 Å². The molecule has 0 atom stereocenters. The predicted octanol–water partition coefficient (Wildman–Crippen LogP) is 1.78. The molecule has 106 valence electrons. The van der Waals surface area contributed by atoms with Crippen LogP contribution in [-0.2, 0) is 4.74 Å². The van der Waals surface area contributed by atoms with E-state index in [4.69, 9.17) is 15.2 Å². The number of nitrogens with zero attached hydrogens (tertiary/aromatic N) is 2. The number of hydrogen-bond donors (Lipinski definition) is 1. The van der Waals surface area contributed by atoms with E-state index >= 15 is 0 Å². The molecule has 0 spiro atoms. The van der Waals surface area contributed by atoms with Gasteiger partial charge < -0.3 is 15.2 Å². The van der Waals surface area contributed by atoms with Crippen molar-refractivity contribution in [2.75, 3.05) is 19.5 Å². The first-order valence-corrected chi connectivity index (χ1v) is 5.92. The Morgan fingerprint density at radius 1 is 1.50 bits per heavy atom. The lowest BCUT2D eigenvalue weighted by Gasteiger charge is -2.08. The second-order valence-corrected chi connectivity index (χ2v) is 3.89.